The molecule has 7 nitrogen and oxygen atoms in total. The topological polar surface area (TPSA) is 80.3 Å². The molecule has 6 aromatic carbocycles. The molecule has 1 saturated carbocycles. The molecule has 2 aliphatic heterocycles. The van der Waals surface area contributed by atoms with Crippen LogP contribution in [-0.2, 0) is 35.0 Å². The molecule has 4 aliphatic rings. The fourth-order valence-electron chi connectivity index (χ4n) is 10.7. The minimum absolute atomic E-state index is 0.173. The van der Waals surface area contributed by atoms with Gasteiger partial charge >= 0.3 is 11.9 Å². The zero-order valence-electron chi connectivity index (χ0n) is 27.0. The predicted octanol–water partition coefficient (Wildman–Crippen LogP) is 7.61. The molecule has 7 heteroatoms. The largest absolute Gasteiger partial charge is 0.496 e. The minimum Gasteiger partial charge on any atom is -0.496 e. The van der Waals surface area contributed by atoms with E-state index < -0.39 is 35.0 Å². The number of rotatable bonds is 4. The third-order valence-corrected chi connectivity index (χ3v) is 12.0. The fourth-order valence-corrected chi connectivity index (χ4v) is 10.7. The second-order valence-electron chi connectivity index (χ2n) is 13.5. The third kappa shape index (κ3) is 2.89. The molecule has 10 rings (SSSR count). The Morgan fingerprint density at radius 3 is 1.52 bits per heavy atom. The van der Waals surface area contributed by atoms with Crippen LogP contribution in [0.1, 0.15) is 40.5 Å². The summed E-state index contributed by atoms with van der Waals surface area (Å²) < 4.78 is 31.1. The highest BCUT2D eigenvalue weighted by Gasteiger charge is 2.83. The van der Waals surface area contributed by atoms with Gasteiger partial charge in [0.2, 0.25) is 0 Å². The number of carbonyl (C=O) groups is 2. The predicted molar refractivity (Wildman–Crippen MR) is 182 cm³/mol. The summed E-state index contributed by atoms with van der Waals surface area (Å²) in [5.74, 6) is -0.660. The lowest BCUT2D eigenvalue weighted by Crippen LogP contribution is -2.48. The lowest BCUT2D eigenvalue weighted by Gasteiger charge is -2.43. The number of esters is 2. The van der Waals surface area contributed by atoms with Gasteiger partial charge in [0.05, 0.1) is 28.4 Å². The van der Waals surface area contributed by atoms with Gasteiger partial charge in [-0.05, 0) is 62.7 Å². The van der Waals surface area contributed by atoms with E-state index >= 15 is 0 Å². The van der Waals surface area contributed by atoms with E-state index in [1.54, 1.807) is 14.2 Å². The van der Waals surface area contributed by atoms with Crippen LogP contribution in [0.15, 0.2) is 84.9 Å². The maximum atomic E-state index is 14.7. The molecule has 238 valence electrons. The van der Waals surface area contributed by atoms with Crippen molar-refractivity contribution in [2.24, 2.45) is 11.8 Å². The first-order valence-corrected chi connectivity index (χ1v) is 16.4. The van der Waals surface area contributed by atoms with Gasteiger partial charge in [-0.15, -0.1) is 0 Å². The Morgan fingerprint density at radius 1 is 0.583 bits per heavy atom. The van der Waals surface area contributed by atoms with Crippen molar-refractivity contribution in [1.29, 1.82) is 0 Å². The van der Waals surface area contributed by atoms with Crippen LogP contribution in [0.2, 0.25) is 0 Å². The van der Waals surface area contributed by atoms with Crippen LogP contribution in [-0.4, -0.2) is 40.4 Å². The van der Waals surface area contributed by atoms with E-state index in [-0.39, 0.29) is 11.8 Å². The summed E-state index contributed by atoms with van der Waals surface area (Å²) >= 11 is 0. The molecule has 1 saturated heterocycles. The van der Waals surface area contributed by atoms with Gasteiger partial charge in [-0.25, -0.2) is 9.59 Å². The lowest BCUT2D eigenvalue weighted by atomic mass is 9.56. The summed E-state index contributed by atoms with van der Waals surface area (Å²) in [7, 11) is 6.20. The maximum Gasteiger partial charge on any atom is 0.343 e. The van der Waals surface area contributed by atoms with E-state index in [1.165, 1.54) is 14.2 Å². The molecule has 0 radical (unpaired) electrons. The second-order valence-corrected chi connectivity index (χ2v) is 13.5. The van der Waals surface area contributed by atoms with Crippen molar-refractivity contribution in [3.05, 3.63) is 107 Å². The summed E-state index contributed by atoms with van der Waals surface area (Å²) in [4.78, 5) is 29.4. The van der Waals surface area contributed by atoms with Gasteiger partial charge in [-0.2, -0.15) is 0 Å². The quantitative estimate of drug-likeness (QED) is 0.112. The van der Waals surface area contributed by atoms with Crippen molar-refractivity contribution < 1.29 is 33.3 Å². The number of carbonyl (C=O) groups excluding carboxylic acids is 2. The highest BCUT2D eigenvalue weighted by atomic mass is 16.6. The molecule has 2 aliphatic carbocycles. The van der Waals surface area contributed by atoms with Gasteiger partial charge in [0.1, 0.15) is 11.5 Å². The van der Waals surface area contributed by atoms with Crippen molar-refractivity contribution in [3.8, 4) is 11.5 Å². The molecule has 2 fully saturated rings. The molecule has 0 unspecified atom stereocenters. The molecule has 0 aromatic heterocycles. The standard InChI is InChI=1S/C41H32O7/c1-44-36-24-15-9-10-16-25(24)37(45-2)31-29-19-28(30(31)36)34-35(29)41(39(43)47-4)33-27-18-21-12-6-5-11-20(21)17-26(27)22-13-7-8-14-23(22)32(33)40(34,48-41)38(42)46-3/h5-18,28-29,34-35H,19H2,1-4H3/t28-,29+,34-,35+,40+,41-/m0/s1. The number of methoxy groups -OCH3 is 4. The van der Waals surface area contributed by atoms with Crippen LogP contribution in [0.25, 0.3) is 43.1 Å². The SMILES string of the molecule is COC(=O)[C@@]12O[C@@](C(=O)OC)(c3c1c1ccccc1c1cc4ccccc4cc31)[C@H]1[C@@H]2[C@H]2C[C@@H]1c1c2c(OC)c2ccccc2c1OC. The van der Waals surface area contributed by atoms with Crippen molar-refractivity contribution >= 4 is 55.0 Å². The summed E-state index contributed by atoms with van der Waals surface area (Å²) in [6.45, 7) is 0. The first kappa shape index (κ1) is 27.9. The van der Waals surface area contributed by atoms with Crippen LogP contribution in [0.3, 0.4) is 0 Å². The van der Waals surface area contributed by atoms with Gasteiger partial charge in [0.25, 0.3) is 0 Å². The lowest BCUT2D eigenvalue weighted by molar-refractivity contribution is -0.192. The Balaban J connectivity index is 1.39. The van der Waals surface area contributed by atoms with E-state index in [0.717, 1.165) is 65.7 Å². The van der Waals surface area contributed by atoms with Gasteiger partial charge < -0.3 is 23.7 Å². The highest BCUT2D eigenvalue weighted by molar-refractivity contribution is 6.18. The number of ether oxygens (including phenoxy) is 5. The Bertz CT molecular complexity index is 2450. The Kier molecular flexibility index (Phi) is 5.39. The van der Waals surface area contributed by atoms with Gasteiger partial charge in [-0.3, -0.25) is 0 Å². The molecule has 6 aromatic rings. The average Bonchev–Trinajstić information content (AvgIpc) is 3.88. The van der Waals surface area contributed by atoms with Crippen LogP contribution in [0.4, 0.5) is 0 Å². The zero-order chi connectivity index (χ0) is 32.7. The van der Waals surface area contributed by atoms with E-state index in [9.17, 15) is 9.59 Å². The van der Waals surface area contributed by atoms with Crippen LogP contribution < -0.4 is 9.47 Å². The maximum absolute atomic E-state index is 14.7. The number of hydrogen-bond acceptors (Lipinski definition) is 7. The Hall–Kier alpha value is -5.14. The average molecular weight is 637 g/mol. The number of hydrogen-bond donors (Lipinski definition) is 0. The number of benzene rings is 6. The van der Waals surface area contributed by atoms with Gasteiger partial charge in [0, 0.05) is 44.9 Å². The zero-order valence-corrected chi connectivity index (χ0v) is 27.0. The Morgan fingerprint density at radius 2 is 1.02 bits per heavy atom. The molecule has 2 heterocycles. The monoisotopic (exact) mass is 636 g/mol. The molecule has 6 atom stereocenters. The molecule has 0 amide bonds. The van der Waals surface area contributed by atoms with Crippen LogP contribution in [0, 0.1) is 11.8 Å². The second kappa shape index (κ2) is 9.26. The third-order valence-electron chi connectivity index (χ3n) is 12.0. The summed E-state index contributed by atoms with van der Waals surface area (Å²) in [5, 5.41) is 7.74. The first-order valence-electron chi connectivity index (χ1n) is 16.4. The normalized spacial score (nSPS) is 27.3. The summed E-state index contributed by atoms with van der Waals surface area (Å²) in [6.07, 6.45) is 0.710. The Labute approximate surface area is 276 Å². The van der Waals surface area contributed by atoms with Gasteiger partial charge in [-0.1, -0.05) is 72.8 Å². The summed E-state index contributed by atoms with van der Waals surface area (Å²) in [5.41, 5.74) is 0.326. The van der Waals surface area contributed by atoms with Crippen LogP contribution in [0.5, 0.6) is 11.5 Å². The van der Waals surface area contributed by atoms with Crippen molar-refractivity contribution in [2.45, 2.75) is 29.5 Å². The van der Waals surface area contributed by atoms with E-state index in [1.807, 2.05) is 54.6 Å². The molecular formula is C41H32O7. The van der Waals surface area contributed by atoms with Gasteiger partial charge in [0.15, 0.2) is 11.2 Å². The van der Waals surface area contributed by atoms with Crippen molar-refractivity contribution in [2.75, 3.05) is 28.4 Å². The van der Waals surface area contributed by atoms with Crippen molar-refractivity contribution in [1.82, 2.24) is 0 Å². The van der Waals surface area contributed by atoms with Crippen molar-refractivity contribution in [3.63, 3.8) is 0 Å². The molecular weight excluding hydrogens is 604 g/mol. The molecule has 48 heavy (non-hydrogen) atoms. The van der Waals surface area contributed by atoms with E-state index in [0.29, 0.717) is 17.5 Å². The number of fused-ring (bicyclic) bond motifs is 22. The fraction of sp³-hybridized carbons (Fsp3) is 0.268. The highest BCUT2D eigenvalue weighted by Crippen LogP contribution is 2.80. The van der Waals surface area contributed by atoms with E-state index in [2.05, 4.69) is 30.3 Å². The minimum atomic E-state index is -1.57. The molecule has 4 bridgehead atoms. The first-order chi connectivity index (χ1) is 23.5. The molecule has 0 spiro atoms. The smallest absolute Gasteiger partial charge is 0.343 e. The van der Waals surface area contributed by atoms with E-state index in [4.69, 9.17) is 23.7 Å². The van der Waals surface area contributed by atoms with Crippen LogP contribution >= 0.6 is 0 Å². The summed E-state index contributed by atoms with van der Waals surface area (Å²) in [6, 6.07) is 28.7. The molecule has 0 N–H and O–H groups in total.